The lowest BCUT2D eigenvalue weighted by atomic mass is 9.71. The Hall–Kier alpha value is -0.600. The molecule has 0 radical (unpaired) electrons. The zero-order valence-electron chi connectivity index (χ0n) is 10.4. The van der Waals surface area contributed by atoms with Crippen molar-refractivity contribution in [3.63, 3.8) is 0 Å². The molecule has 1 heterocycles. The van der Waals surface area contributed by atoms with Crippen molar-refractivity contribution in [2.24, 2.45) is 11.8 Å². The van der Waals surface area contributed by atoms with Gasteiger partial charge in [0, 0.05) is 27.2 Å². The predicted molar refractivity (Wildman–Crippen MR) is 66.9 cm³/mol. The molecule has 2 fully saturated rings. The maximum Gasteiger partial charge on any atom is 0.0164 e. The summed E-state index contributed by atoms with van der Waals surface area (Å²) in [6.45, 7) is 2.48. The van der Waals surface area contributed by atoms with Crippen LogP contribution in [0.2, 0.25) is 0 Å². The van der Waals surface area contributed by atoms with Gasteiger partial charge >= 0.3 is 0 Å². The van der Waals surface area contributed by atoms with Gasteiger partial charge in [-0.05, 0) is 48.7 Å². The zero-order chi connectivity index (χ0) is 11.1. The van der Waals surface area contributed by atoms with Crippen LogP contribution in [0.1, 0.15) is 25.7 Å². The standard InChI is InChI=1S/C14H22N2/c1-15-9-13-7-11-5-3-4-6-12(11)8-14(13)10-16(15)2/h5-6,13-14H,3-4,7-10H2,1-2H3. The van der Waals surface area contributed by atoms with Crippen LogP contribution in [0, 0.1) is 11.8 Å². The van der Waals surface area contributed by atoms with E-state index in [2.05, 4.69) is 36.3 Å². The number of nitrogens with zero attached hydrogens (tertiary/aromatic N) is 2. The lowest BCUT2D eigenvalue weighted by molar-refractivity contribution is -0.0588. The van der Waals surface area contributed by atoms with E-state index in [1.165, 1.54) is 38.8 Å². The van der Waals surface area contributed by atoms with Crippen LogP contribution < -0.4 is 0 Å². The van der Waals surface area contributed by atoms with Gasteiger partial charge in [-0.15, -0.1) is 0 Å². The van der Waals surface area contributed by atoms with E-state index in [0.717, 1.165) is 11.8 Å². The summed E-state index contributed by atoms with van der Waals surface area (Å²) in [4.78, 5) is 0. The molecule has 0 spiro atoms. The summed E-state index contributed by atoms with van der Waals surface area (Å²) in [5.74, 6) is 1.78. The Kier molecular flexibility index (Phi) is 2.64. The van der Waals surface area contributed by atoms with Crippen LogP contribution in [0.15, 0.2) is 23.3 Å². The first-order chi connectivity index (χ1) is 7.74. The SMILES string of the molecule is CN1CC2CC3=CCCC=C3CC2CN1C. The average Bonchev–Trinajstić information content (AvgIpc) is 2.28. The third-order valence-electron chi connectivity index (χ3n) is 4.57. The Bertz CT molecular complexity index is 309. The lowest BCUT2D eigenvalue weighted by Crippen LogP contribution is -2.51. The Morgan fingerprint density at radius 1 is 0.875 bits per heavy atom. The quantitative estimate of drug-likeness (QED) is 0.616. The number of hydrogen-bond donors (Lipinski definition) is 0. The summed E-state index contributed by atoms with van der Waals surface area (Å²) in [6.07, 6.45) is 10.2. The van der Waals surface area contributed by atoms with Gasteiger partial charge in [0.25, 0.3) is 0 Å². The molecule has 1 saturated carbocycles. The smallest absolute Gasteiger partial charge is 0.0164 e. The summed E-state index contributed by atoms with van der Waals surface area (Å²) >= 11 is 0. The molecule has 0 amide bonds. The van der Waals surface area contributed by atoms with Crippen LogP contribution in [0.4, 0.5) is 0 Å². The fourth-order valence-electron chi connectivity index (χ4n) is 3.49. The Labute approximate surface area is 98.6 Å². The van der Waals surface area contributed by atoms with E-state index in [-0.39, 0.29) is 0 Å². The first kappa shape index (κ1) is 10.5. The number of fused-ring (bicyclic) bond motifs is 2. The van der Waals surface area contributed by atoms with Crippen molar-refractivity contribution in [3.05, 3.63) is 23.3 Å². The first-order valence-electron chi connectivity index (χ1n) is 6.54. The maximum atomic E-state index is 2.49. The molecule has 88 valence electrons. The van der Waals surface area contributed by atoms with Crippen molar-refractivity contribution < 1.29 is 0 Å². The summed E-state index contributed by atoms with van der Waals surface area (Å²) in [7, 11) is 4.44. The van der Waals surface area contributed by atoms with Gasteiger partial charge in [-0.1, -0.05) is 12.2 Å². The second-order valence-corrected chi connectivity index (χ2v) is 5.64. The van der Waals surface area contributed by atoms with Gasteiger partial charge in [-0.3, -0.25) is 0 Å². The molecule has 0 aromatic rings. The second kappa shape index (κ2) is 4.01. The van der Waals surface area contributed by atoms with Crippen molar-refractivity contribution in [1.82, 2.24) is 10.0 Å². The molecule has 2 atom stereocenters. The third kappa shape index (κ3) is 1.74. The monoisotopic (exact) mass is 218 g/mol. The van der Waals surface area contributed by atoms with Gasteiger partial charge in [0.1, 0.15) is 0 Å². The zero-order valence-corrected chi connectivity index (χ0v) is 10.4. The highest BCUT2D eigenvalue weighted by molar-refractivity contribution is 5.36. The number of rotatable bonds is 0. The van der Waals surface area contributed by atoms with Crippen LogP contribution in [-0.4, -0.2) is 37.2 Å². The van der Waals surface area contributed by atoms with Crippen LogP contribution in [0.5, 0.6) is 0 Å². The van der Waals surface area contributed by atoms with E-state index in [9.17, 15) is 0 Å². The predicted octanol–water partition coefficient (Wildman–Crippen LogP) is 2.45. The average molecular weight is 218 g/mol. The topological polar surface area (TPSA) is 6.48 Å². The van der Waals surface area contributed by atoms with Gasteiger partial charge in [0.05, 0.1) is 0 Å². The Morgan fingerprint density at radius 3 is 1.75 bits per heavy atom. The number of hydrogen-bond acceptors (Lipinski definition) is 2. The van der Waals surface area contributed by atoms with Gasteiger partial charge < -0.3 is 0 Å². The molecular formula is C14H22N2. The molecule has 2 aliphatic carbocycles. The highest BCUT2D eigenvalue weighted by atomic mass is 15.6. The molecule has 1 aliphatic heterocycles. The van der Waals surface area contributed by atoms with Crippen LogP contribution in [0.25, 0.3) is 0 Å². The van der Waals surface area contributed by atoms with Crippen LogP contribution in [-0.2, 0) is 0 Å². The molecule has 2 nitrogen and oxygen atoms in total. The molecule has 0 bridgehead atoms. The van der Waals surface area contributed by atoms with E-state index in [1.807, 2.05) is 0 Å². The second-order valence-electron chi connectivity index (χ2n) is 5.64. The van der Waals surface area contributed by atoms with Crippen molar-refractivity contribution in [2.45, 2.75) is 25.7 Å². The normalized spacial score (nSPS) is 36.1. The highest BCUT2D eigenvalue weighted by Gasteiger charge is 2.36. The fraction of sp³-hybridized carbons (Fsp3) is 0.714. The van der Waals surface area contributed by atoms with E-state index in [4.69, 9.17) is 0 Å². The van der Waals surface area contributed by atoms with Crippen molar-refractivity contribution in [2.75, 3.05) is 27.2 Å². The highest BCUT2D eigenvalue weighted by Crippen LogP contribution is 2.41. The maximum absolute atomic E-state index is 2.49. The van der Waals surface area contributed by atoms with Crippen molar-refractivity contribution >= 4 is 0 Å². The molecule has 1 saturated heterocycles. The lowest BCUT2D eigenvalue weighted by Gasteiger charge is -2.46. The third-order valence-corrected chi connectivity index (χ3v) is 4.57. The van der Waals surface area contributed by atoms with Crippen molar-refractivity contribution in [1.29, 1.82) is 0 Å². The number of allylic oxidation sites excluding steroid dienone is 4. The van der Waals surface area contributed by atoms with E-state index < -0.39 is 0 Å². The van der Waals surface area contributed by atoms with Crippen LogP contribution >= 0.6 is 0 Å². The molecule has 0 N–H and O–H groups in total. The Balaban J connectivity index is 1.79. The largest absolute Gasteiger partial charge is 0.245 e. The van der Waals surface area contributed by atoms with Crippen molar-refractivity contribution in [3.8, 4) is 0 Å². The minimum absolute atomic E-state index is 0.891. The fourth-order valence-corrected chi connectivity index (χ4v) is 3.49. The first-order valence-corrected chi connectivity index (χ1v) is 6.54. The molecule has 2 unspecified atom stereocenters. The summed E-state index contributed by atoms with van der Waals surface area (Å²) in [6, 6.07) is 0. The summed E-state index contributed by atoms with van der Waals surface area (Å²) in [5.41, 5.74) is 3.34. The minimum atomic E-state index is 0.891. The summed E-state index contributed by atoms with van der Waals surface area (Å²) in [5, 5.41) is 4.78. The van der Waals surface area contributed by atoms with E-state index >= 15 is 0 Å². The van der Waals surface area contributed by atoms with Gasteiger partial charge in [-0.25, -0.2) is 10.0 Å². The van der Waals surface area contributed by atoms with E-state index in [1.54, 1.807) is 11.1 Å². The molecule has 0 aromatic heterocycles. The van der Waals surface area contributed by atoms with Gasteiger partial charge in [-0.2, -0.15) is 0 Å². The molecule has 3 rings (SSSR count). The van der Waals surface area contributed by atoms with Gasteiger partial charge in [0.2, 0.25) is 0 Å². The minimum Gasteiger partial charge on any atom is -0.245 e. The molecule has 0 aromatic carbocycles. The molecule has 3 aliphatic rings. The van der Waals surface area contributed by atoms with E-state index in [0.29, 0.717) is 0 Å². The summed E-state index contributed by atoms with van der Waals surface area (Å²) < 4.78 is 0. The molecule has 16 heavy (non-hydrogen) atoms. The van der Waals surface area contributed by atoms with Crippen LogP contribution in [0.3, 0.4) is 0 Å². The van der Waals surface area contributed by atoms with Gasteiger partial charge in [0.15, 0.2) is 0 Å². The number of hydrazine groups is 1. The molecular weight excluding hydrogens is 196 g/mol. The Morgan fingerprint density at radius 2 is 1.31 bits per heavy atom. The molecule has 2 heteroatoms.